The Morgan fingerprint density at radius 2 is 1.69 bits per heavy atom. The van der Waals surface area contributed by atoms with Crippen LogP contribution in [0.15, 0.2) is 85.1 Å². The molecule has 214 valence electrons. The molecule has 5 rings (SSSR count). The topological polar surface area (TPSA) is 127 Å². The molecule has 5 N–H and O–H groups in total. The number of rotatable bonds is 10. The summed E-state index contributed by atoms with van der Waals surface area (Å²) in [6.45, 7) is 1.67. The Morgan fingerprint density at radius 3 is 2.33 bits per heavy atom. The molecule has 0 spiro atoms. The molecular weight excluding hydrogens is 542 g/mol. The molecule has 0 bridgehead atoms. The first-order valence-corrected chi connectivity index (χ1v) is 13.2. The number of H-pyrrole nitrogens is 1. The smallest absolute Gasteiger partial charge is 0.240 e. The van der Waals surface area contributed by atoms with Crippen molar-refractivity contribution in [2.24, 2.45) is 5.41 Å². The fraction of sp³-hybridized carbons (Fsp3) is 0.156. The second kappa shape index (κ2) is 11.8. The molecule has 2 amide bonds. The maximum atomic E-state index is 15.2. The van der Waals surface area contributed by atoms with E-state index in [1.165, 1.54) is 42.5 Å². The lowest BCUT2D eigenvalue weighted by Crippen LogP contribution is -2.35. The van der Waals surface area contributed by atoms with Gasteiger partial charge in [0.15, 0.2) is 17.3 Å². The highest BCUT2D eigenvalue weighted by atomic mass is 19.1. The van der Waals surface area contributed by atoms with Crippen molar-refractivity contribution in [2.45, 2.75) is 25.9 Å². The number of aliphatic hydroxyl groups excluding tert-OH is 1. The van der Waals surface area contributed by atoms with E-state index in [4.69, 9.17) is 10.1 Å². The summed E-state index contributed by atoms with van der Waals surface area (Å²) in [4.78, 5) is 28.9. The summed E-state index contributed by atoms with van der Waals surface area (Å²) in [6, 6.07) is 18.2. The minimum absolute atomic E-state index is 0.138. The quantitative estimate of drug-likeness (QED) is 0.0854. The third-order valence-electron chi connectivity index (χ3n) is 7.04. The minimum Gasteiger partial charge on any atom is -0.452 e. The van der Waals surface area contributed by atoms with Gasteiger partial charge in [-0.2, -0.15) is 0 Å². The molecule has 1 fully saturated rings. The summed E-state index contributed by atoms with van der Waals surface area (Å²) < 4.78 is 34.2. The number of aliphatic hydroxyl groups is 1. The van der Waals surface area contributed by atoms with Crippen LogP contribution in [-0.4, -0.2) is 28.1 Å². The Bertz CT molecular complexity index is 1670. The van der Waals surface area contributed by atoms with E-state index in [1.807, 2.05) is 30.3 Å². The zero-order chi connectivity index (χ0) is 29.9. The molecule has 3 aromatic carbocycles. The van der Waals surface area contributed by atoms with E-state index in [2.05, 4.69) is 15.6 Å². The largest absolute Gasteiger partial charge is 0.452 e. The SMILES string of the molecule is CC(O)c1cccc(-c2cc[nH]c2/C(=C\C=N)Oc2ccc(NC(=O)C3(C(=O)Nc4ccc(F)cc4)CC3)cc2F)c1. The third kappa shape index (κ3) is 5.98. The van der Waals surface area contributed by atoms with Gasteiger partial charge in [-0.05, 0) is 79.4 Å². The van der Waals surface area contributed by atoms with Gasteiger partial charge in [0.25, 0.3) is 0 Å². The molecule has 4 aromatic rings. The first-order chi connectivity index (χ1) is 20.2. The number of amides is 2. The van der Waals surface area contributed by atoms with E-state index < -0.39 is 35.0 Å². The number of ether oxygens (including phenoxy) is 1. The van der Waals surface area contributed by atoms with Crippen molar-refractivity contribution in [3.63, 3.8) is 0 Å². The molecule has 8 nitrogen and oxygen atoms in total. The molecule has 0 radical (unpaired) electrons. The summed E-state index contributed by atoms with van der Waals surface area (Å²) in [6.07, 6.45) is 4.07. The molecule has 42 heavy (non-hydrogen) atoms. The number of aromatic nitrogens is 1. The molecule has 0 aliphatic heterocycles. The second-order valence-corrected chi connectivity index (χ2v) is 10.0. The molecule has 10 heteroatoms. The van der Waals surface area contributed by atoms with Gasteiger partial charge in [0, 0.05) is 41.5 Å². The van der Waals surface area contributed by atoms with Crippen LogP contribution in [-0.2, 0) is 9.59 Å². The maximum Gasteiger partial charge on any atom is 0.240 e. The average Bonchev–Trinajstić information content (AvgIpc) is 3.65. The zero-order valence-corrected chi connectivity index (χ0v) is 22.6. The fourth-order valence-electron chi connectivity index (χ4n) is 4.52. The van der Waals surface area contributed by atoms with Gasteiger partial charge in [-0.15, -0.1) is 0 Å². The predicted octanol–water partition coefficient (Wildman–Crippen LogP) is 6.44. The van der Waals surface area contributed by atoms with Crippen LogP contribution in [0.4, 0.5) is 20.2 Å². The normalized spacial score (nSPS) is 14.5. The van der Waals surface area contributed by atoms with E-state index in [-0.39, 0.29) is 17.2 Å². The lowest BCUT2D eigenvalue weighted by molar-refractivity contribution is -0.131. The van der Waals surface area contributed by atoms with Gasteiger partial charge in [0.1, 0.15) is 11.2 Å². The summed E-state index contributed by atoms with van der Waals surface area (Å²) in [5.41, 5.74) is 1.95. The van der Waals surface area contributed by atoms with Crippen LogP contribution in [0.2, 0.25) is 0 Å². The number of hydrogen-bond acceptors (Lipinski definition) is 5. The van der Waals surface area contributed by atoms with Crippen molar-refractivity contribution in [2.75, 3.05) is 10.6 Å². The maximum absolute atomic E-state index is 15.2. The predicted molar refractivity (Wildman–Crippen MR) is 156 cm³/mol. The van der Waals surface area contributed by atoms with Gasteiger partial charge in [0.05, 0.1) is 11.8 Å². The molecule has 1 aliphatic carbocycles. The summed E-state index contributed by atoms with van der Waals surface area (Å²) in [5, 5.41) is 22.8. The van der Waals surface area contributed by atoms with Crippen LogP contribution in [0.5, 0.6) is 5.75 Å². The number of aromatic amines is 1. The van der Waals surface area contributed by atoms with E-state index in [0.717, 1.165) is 29.0 Å². The Morgan fingerprint density at radius 1 is 1.00 bits per heavy atom. The van der Waals surface area contributed by atoms with Crippen LogP contribution < -0.4 is 15.4 Å². The standard InChI is InChI=1S/C32H28F2N4O4/c1-19(39)20-3-2-4-21(17-20)25-12-16-36-29(25)28(11-15-35)42-27-10-9-24(18-26(27)34)38-31(41)32(13-14-32)30(40)37-23-7-5-22(33)6-8-23/h2-12,15-19,35-36,39H,13-14H2,1H3,(H,37,40)(H,38,41)/b28-11+,35-15?. The number of nitrogens with one attached hydrogen (secondary N) is 4. The molecule has 1 aliphatic rings. The monoisotopic (exact) mass is 570 g/mol. The van der Waals surface area contributed by atoms with Crippen molar-refractivity contribution in [3.05, 3.63) is 108 Å². The molecular formula is C32H28F2N4O4. The molecule has 1 aromatic heterocycles. The van der Waals surface area contributed by atoms with E-state index >= 15 is 4.39 Å². The van der Waals surface area contributed by atoms with E-state index in [1.54, 1.807) is 13.1 Å². The Hall–Kier alpha value is -5.09. The number of carbonyl (C=O) groups excluding carboxylic acids is 2. The molecule has 1 unspecified atom stereocenters. The van der Waals surface area contributed by atoms with Crippen LogP contribution in [0.25, 0.3) is 16.9 Å². The molecule has 1 heterocycles. The third-order valence-corrected chi connectivity index (χ3v) is 7.04. The summed E-state index contributed by atoms with van der Waals surface area (Å²) in [5.74, 6) is -2.28. The molecule has 1 atom stereocenters. The number of allylic oxidation sites excluding steroid dienone is 1. The number of hydrogen-bond donors (Lipinski definition) is 5. The summed E-state index contributed by atoms with van der Waals surface area (Å²) >= 11 is 0. The van der Waals surface area contributed by atoms with E-state index in [9.17, 15) is 19.1 Å². The Kier molecular flexibility index (Phi) is 7.99. The van der Waals surface area contributed by atoms with Crippen molar-refractivity contribution in [1.82, 2.24) is 4.98 Å². The zero-order valence-electron chi connectivity index (χ0n) is 22.6. The number of carbonyl (C=O) groups is 2. The van der Waals surface area contributed by atoms with Gasteiger partial charge >= 0.3 is 0 Å². The van der Waals surface area contributed by atoms with Crippen LogP contribution in [0.3, 0.4) is 0 Å². The minimum atomic E-state index is -1.30. The van der Waals surface area contributed by atoms with Gasteiger partial charge in [-0.1, -0.05) is 18.2 Å². The van der Waals surface area contributed by atoms with Crippen LogP contribution >= 0.6 is 0 Å². The number of anilines is 2. The van der Waals surface area contributed by atoms with Gasteiger partial charge in [-0.25, -0.2) is 8.78 Å². The lowest BCUT2D eigenvalue weighted by atomic mass is 10.0. The fourth-order valence-corrected chi connectivity index (χ4v) is 4.52. The lowest BCUT2D eigenvalue weighted by Gasteiger charge is -2.16. The first kappa shape index (κ1) is 28.4. The van der Waals surface area contributed by atoms with Crippen molar-refractivity contribution >= 4 is 35.2 Å². The van der Waals surface area contributed by atoms with Crippen LogP contribution in [0.1, 0.15) is 37.1 Å². The highest BCUT2D eigenvalue weighted by molar-refractivity contribution is 6.16. The second-order valence-electron chi connectivity index (χ2n) is 10.0. The average molecular weight is 571 g/mol. The van der Waals surface area contributed by atoms with Crippen molar-refractivity contribution in [3.8, 4) is 16.9 Å². The highest BCUT2D eigenvalue weighted by Crippen LogP contribution is 2.47. The number of benzene rings is 3. The van der Waals surface area contributed by atoms with Crippen molar-refractivity contribution < 1.29 is 28.2 Å². The van der Waals surface area contributed by atoms with Crippen molar-refractivity contribution in [1.29, 1.82) is 5.41 Å². The van der Waals surface area contributed by atoms with Gasteiger partial charge in [-0.3, -0.25) is 9.59 Å². The number of halogens is 2. The summed E-state index contributed by atoms with van der Waals surface area (Å²) in [7, 11) is 0. The Balaban J connectivity index is 1.31. The Labute approximate surface area is 240 Å². The van der Waals surface area contributed by atoms with Gasteiger partial charge < -0.3 is 30.9 Å². The first-order valence-electron chi connectivity index (χ1n) is 13.2. The van der Waals surface area contributed by atoms with Crippen LogP contribution in [0, 0.1) is 22.5 Å². The molecule has 1 saturated carbocycles. The van der Waals surface area contributed by atoms with Gasteiger partial charge in [0.2, 0.25) is 11.8 Å². The highest BCUT2D eigenvalue weighted by Gasteiger charge is 2.56. The molecule has 0 saturated heterocycles. The van der Waals surface area contributed by atoms with E-state index in [0.29, 0.717) is 24.2 Å².